The Morgan fingerprint density at radius 3 is 2.95 bits per heavy atom. The summed E-state index contributed by atoms with van der Waals surface area (Å²) >= 11 is 1.38. The third-order valence-corrected chi connectivity index (χ3v) is 3.36. The molecule has 0 saturated heterocycles. The first-order valence-corrected chi connectivity index (χ1v) is 7.15. The number of carbonyl (C=O) groups excluding carboxylic acids is 1. The van der Waals surface area contributed by atoms with Gasteiger partial charge in [0.2, 0.25) is 0 Å². The van der Waals surface area contributed by atoms with E-state index in [9.17, 15) is 4.79 Å². The normalized spacial score (nSPS) is 10.2. The van der Waals surface area contributed by atoms with Gasteiger partial charge in [0.25, 0.3) is 0 Å². The SMILES string of the molecule is CCOC(=O)c1csc(Nc2cccc(N(C)C)c2)n1. The maximum atomic E-state index is 11.5. The molecule has 2 rings (SSSR count). The fraction of sp³-hybridized carbons (Fsp3) is 0.286. The molecule has 0 fully saturated rings. The van der Waals surface area contributed by atoms with Gasteiger partial charge in [-0.2, -0.15) is 0 Å². The monoisotopic (exact) mass is 291 g/mol. The van der Waals surface area contributed by atoms with Crippen LogP contribution in [0.15, 0.2) is 29.6 Å². The van der Waals surface area contributed by atoms with Gasteiger partial charge in [-0.15, -0.1) is 11.3 Å². The van der Waals surface area contributed by atoms with Crippen LogP contribution in [0.25, 0.3) is 0 Å². The number of esters is 1. The highest BCUT2D eigenvalue weighted by molar-refractivity contribution is 7.14. The molecule has 0 bridgehead atoms. The first-order chi connectivity index (χ1) is 9.60. The quantitative estimate of drug-likeness (QED) is 0.858. The minimum atomic E-state index is -0.390. The third kappa shape index (κ3) is 3.48. The Labute approximate surface area is 122 Å². The second kappa shape index (κ2) is 6.38. The highest BCUT2D eigenvalue weighted by Gasteiger charge is 2.11. The number of hydrogen-bond acceptors (Lipinski definition) is 6. The van der Waals surface area contributed by atoms with Gasteiger partial charge in [0.1, 0.15) is 0 Å². The van der Waals surface area contributed by atoms with E-state index < -0.39 is 0 Å². The zero-order valence-corrected chi connectivity index (χ0v) is 12.5. The van der Waals surface area contributed by atoms with Gasteiger partial charge < -0.3 is 15.0 Å². The molecule has 0 saturated carbocycles. The summed E-state index contributed by atoms with van der Waals surface area (Å²) in [4.78, 5) is 17.8. The molecule has 0 aliphatic carbocycles. The lowest BCUT2D eigenvalue weighted by Crippen LogP contribution is -2.08. The summed E-state index contributed by atoms with van der Waals surface area (Å²) < 4.78 is 4.91. The van der Waals surface area contributed by atoms with Gasteiger partial charge in [-0.3, -0.25) is 0 Å². The van der Waals surface area contributed by atoms with Crippen molar-refractivity contribution in [1.29, 1.82) is 0 Å². The molecule has 0 unspecified atom stereocenters. The molecule has 0 aliphatic heterocycles. The van der Waals surface area contributed by atoms with E-state index in [2.05, 4.69) is 10.3 Å². The van der Waals surface area contributed by atoms with Crippen LogP contribution in [0.3, 0.4) is 0 Å². The van der Waals surface area contributed by atoms with Crippen molar-refractivity contribution < 1.29 is 9.53 Å². The first kappa shape index (κ1) is 14.3. The molecule has 6 heteroatoms. The number of carbonyl (C=O) groups is 1. The summed E-state index contributed by atoms with van der Waals surface area (Å²) in [5.74, 6) is -0.390. The van der Waals surface area contributed by atoms with Crippen molar-refractivity contribution in [1.82, 2.24) is 4.98 Å². The Morgan fingerprint density at radius 1 is 1.45 bits per heavy atom. The Kier molecular flexibility index (Phi) is 4.57. The van der Waals surface area contributed by atoms with Crippen molar-refractivity contribution in [3.63, 3.8) is 0 Å². The number of nitrogens with zero attached hydrogens (tertiary/aromatic N) is 2. The predicted octanol–water partition coefficient (Wildman–Crippen LogP) is 3.13. The van der Waals surface area contributed by atoms with E-state index in [1.54, 1.807) is 12.3 Å². The summed E-state index contributed by atoms with van der Waals surface area (Å²) in [5.41, 5.74) is 2.36. The smallest absolute Gasteiger partial charge is 0.357 e. The van der Waals surface area contributed by atoms with Crippen molar-refractivity contribution in [2.75, 3.05) is 30.9 Å². The molecule has 1 aromatic heterocycles. The average Bonchev–Trinajstić information content (AvgIpc) is 2.88. The van der Waals surface area contributed by atoms with Crippen molar-refractivity contribution in [3.05, 3.63) is 35.3 Å². The van der Waals surface area contributed by atoms with Crippen LogP contribution in [-0.2, 0) is 4.74 Å². The molecule has 2 aromatic rings. The summed E-state index contributed by atoms with van der Waals surface area (Å²) in [6, 6.07) is 7.97. The molecular weight excluding hydrogens is 274 g/mol. The summed E-state index contributed by atoms with van der Waals surface area (Å²) in [6.45, 7) is 2.13. The second-order valence-corrected chi connectivity index (χ2v) is 5.19. The average molecular weight is 291 g/mol. The largest absolute Gasteiger partial charge is 0.461 e. The van der Waals surface area contributed by atoms with E-state index in [0.717, 1.165) is 11.4 Å². The molecule has 1 aromatic carbocycles. The van der Waals surface area contributed by atoms with E-state index in [-0.39, 0.29) is 5.97 Å². The van der Waals surface area contributed by atoms with Crippen LogP contribution in [0, 0.1) is 0 Å². The van der Waals surface area contributed by atoms with E-state index in [4.69, 9.17) is 4.74 Å². The van der Waals surface area contributed by atoms with Crippen LogP contribution in [0.1, 0.15) is 17.4 Å². The van der Waals surface area contributed by atoms with Crippen LogP contribution in [0.5, 0.6) is 0 Å². The zero-order valence-electron chi connectivity index (χ0n) is 11.7. The van der Waals surface area contributed by atoms with Crippen molar-refractivity contribution in [2.24, 2.45) is 0 Å². The highest BCUT2D eigenvalue weighted by atomic mass is 32.1. The Hall–Kier alpha value is -2.08. The molecule has 5 nitrogen and oxygen atoms in total. The molecular formula is C14H17N3O2S. The van der Waals surface area contributed by atoms with Crippen LogP contribution >= 0.6 is 11.3 Å². The van der Waals surface area contributed by atoms with E-state index in [1.165, 1.54) is 11.3 Å². The van der Waals surface area contributed by atoms with Gasteiger partial charge in [-0.05, 0) is 25.1 Å². The molecule has 0 radical (unpaired) electrons. The van der Waals surface area contributed by atoms with Crippen molar-refractivity contribution in [2.45, 2.75) is 6.92 Å². The number of aromatic nitrogens is 1. The first-order valence-electron chi connectivity index (χ1n) is 6.27. The lowest BCUT2D eigenvalue weighted by molar-refractivity contribution is 0.0520. The lowest BCUT2D eigenvalue weighted by atomic mass is 10.2. The summed E-state index contributed by atoms with van der Waals surface area (Å²) in [5, 5.41) is 5.55. The van der Waals surface area contributed by atoms with Crippen molar-refractivity contribution >= 4 is 33.8 Å². The highest BCUT2D eigenvalue weighted by Crippen LogP contribution is 2.24. The van der Waals surface area contributed by atoms with E-state index >= 15 is 0 Å². The van der Waals surface area contributed by atoms with Gasteiger partial charge in [-0.25, -0.2) is 9.78 Å². The molecule has 0 aliphatic rings. The molecule has 20 heavy (non-hydrogen) atoms. The van der Waals surface area contributed by atoms with Gasteiger partial charge >= 0.3 is 5.97 Å². The Balaban J connectivity index is 2.10. The number of benzene rings is 1. The third-order valence-electron chi connectivity index (χ3n) is 2.60. The molecule has 1 heterocycles. The number of thiazole rings is 1. The van der Waals surface area contributed by atoms with Crippen LogP contribution < -0.4 is 10.2 Å². The molecule has 0 atom stereocenters. The summed E-state index contributed by atoms with van der Waals surface area (Å²) in [7, 11) is 3.97. The minimum absolute atomic E-state index is 0.336. The number of nitrogens with one attached hydrogen (secondary N) is 1. The van der Waals surface area contributed by atoms with E-state index in [0.29, 0.717) is 17.4 Å². The predicted molar refractivity (Wildman–Crippen MR) is 82.1 cm³/mol. The topological polar surface area (TPSA) is 54.5 Å². The van der Waals surface area contributed by atoms with Gasteiger partial charge in [0.05, 0.1) is 6.61 Å². The summed E-state index contributed by atoms with van der Waals surface area (Å²) in [6.07, 6.45) is 0. The lowest BCUT2D eigenvalue weighted by Gasteiger charge is -2.13. The van der Waals surface area contributed by atoms with Crippen LogP contribution in [0.4, 0.5) is 16.5 Å². The maximum Gasteiger partial charge on any atom is 0.357 e. The van der Waals surface area contributed by atoms with E-state index in [1.807, 2.05) is 43.3 Å². The second-order valence-electron chi connectivity index (χ2n) is 4.33. The van der Waals surface area contributed by atoms with Gasteiger partial charge in [0, 0.05) is 30.9 Å². The molecule has 1 N–H and O–H groups in total. The van der Waals surface area contributed by atoms with Crippen LogP contribution in [-0.4, -0.2) is 31.7 Å². The van der Waals surface area contributed by atoms with Crippen LogP contribution in [0.2, 0.25) is 0 Å². The number of hydrogen-bond donors (Lipinski definition) is 1. The maximum absolute atomic E-state index is 11.5. The fourth-order valence-corrected chi connectivity index (χ4v) is 2.32. The van der Waals surface area contributed by atoms with Gasteiger partial charge in [0.15, 0.2) is 10.8 Å². The number of rotatable bonds is 5. The number of anilines is 3. The molecule has 106 valence electrons. The number of ether oxygens (including phenoxy) is 1. The molecule has 0 spiro atoms. The van der Waals surface area contributed by atoms with Crippen molar-refractivity contribution in [3.8, 4) is 0 Å². The standard InChI is InChI=1S/C14H17N3O2S/c1-4-19-13(18)12-9-20-14(16-12)15-10-6-5-7-11(8-10)17(2)3/h5-9H,4H2,1-3H3,(H,15,16). The van der Waals surface area contributed by atoms with Gasteiger partial charge in [-0.1, -0.05) is 6.07 Å². The Bertz CT molecular complexity index is 596. The Morgan fingerprint density at radius 2 is 2.25 bits per heavy atom. The minimum Gasteiger partial charge on any atom is -0.461 e. The zero-order chi connectivity index (χ0) is 14.5. The molecule has 0 amide bonds. The fourth-order valence-electron chi connectivity index (χ4n) is 1.62.